The number of nitrogens with one attached hydrogen (secondary N) is 1. The van der Waals surface area contributed by atoms with E-state index in [4.69, 9.17) is 12.6 Å². The third-order valence-electron chi connectivity index (χ3n) is 3.67. The number of carbonyl (C=O) groups excluding carboxylic acids is 2. The Balaban J connectivity index is 1.96. The molecule has 3 aromatic carbocycles. The summed E-state index contributed by atoms with van der Waals surface area (Å²) in [6.07, 6.45) is -0.505. The van der Waals surface area contributed by atoms with Gasteiger partial charge in [-0.05, 0) is 57.4 Å². The normalized spacial score (nSPS) is 10.5. The molecule has 0 saturated heterocycles. The van der Waals surface area contributed by atoms with Crippen molar-refractivity contribution in [2.75, 3.05) is 12.4 Å². The molecule has 0 aliphatic carbocycles. The number of hydrogen-bond donors (Lipinski definition) is 1. The number of ether oxygens (including phenoxy) is 2. The van der Waals surface area contributed by atoms with Crippen LogP contribution in [-0.2, 0) is 16.1 Å². The van der Waals surface area contributed by atoms with Crippen molar-refractivity contribution in [3.05, 3.63) is 54.1 Å². The lowest BCUT2D eigenvalue weighted by molar-refractivity contribution is 0.167. The molecule has 118 valence electrons. The van der Waals surface area contributed by atoms with Crippen molar-refractivity contribution in [3.63, 3.8) is 0 Å². The number of benzene rings is 3. The minimum absolute atomic E-state index is 0.144. The Morgan fingerprint density at radius 3 is 2.29 bits per heavy atom. The van der Waals surface area contributed by atoms with E-state index in [2.05, 4.69) is 10.1 Å². The van der Waals surface area contributed by atoms with Gasteiger partial charge in [0, 0.05) is 5.69 Å². The van der Waals surface area contributed by atoms with Gasteiger partial charge in [-0.3, -0.25) is 10.1 Å². The monoisotopic (exact) mass is 319 g/mol. The van der Waals surface area contributed by atoms with Crippen LogP contribution in [0.3, 0.4) is 0 Å². The van der Waals surface area contributed by atoms with Gasteiger partial charge in [0.05, 0.1) is 7.11 Å². The van der Waals surface area contributed by atoms with Crippen LogP contribution in [0.4, 0.5) is 15.3 Å². The fourth-order valence-electron chi connectivity index (χ4n) is 2.54. The van der Waals surface area contributed by atoms with E-state index in [9.17, 15) is 9.59 Å². The highest BCUT2D eigenvalue weighted by atomic mass is 16.5. The van der Waals surface area contributed by atoms with Gasteiger partial charge >= 0.3 is 6.09 Å². The molecular formula is C18H14BNO4. The first kappa shape index (κ1) is 15.9. The van der Waals surface area contributed by atoms with Gasteiger partial charge in [0.2, 0.25) is 13.7 Å². The molecule has 0 heterocycles. The summed E-state index contributed by atoms with van der Waals surface area (Å²) in [5, 5.41) is 6.75. The SMILES string of the molecule is [B]C(=O)OCc1ccc2cc3cc(NC(=O)OC)ccc3cc2c1. The molecule has 1 amide bonds. The minimum atomic E-state index is -0.792. The smallest absolute Gasteiger partial charge is 0.411 e. The van der Waals surface area contributed by atoms with E-state index >= 15 is 0 Å². The average molecular weight is 319 g/mol. The molecule has 0 aliphatic rings. The van der Waals surface area contributed by atoms with Crippen molar-refractivity contribution in [1.29, 1.82) is 0 Å². The van der Waals surface area contributed by atoms with Gasteiger partial charge < -0.3 is 9.47 Å². The maximum atomic E-state index is 11.3. The molecule has 0 fully saturated rings. The van der Waals surface area contributed by atoms with Crippen molar-refractivity contribution in [2.24, 2.45) is 0 Å². The number of hydrogen-bond acceptors (Lipinski definition) is 4. The third kappa shape index (κ3) is 3.48. The quantitative estimate of drug-likeness (QED) is 0.586. The van der Waals surface area contributed by atoms with Crippen molar-refractivity contribution in [3.8, 4) is 0 Å². The Morgan fingerprint density at radius 2 is 1.62 bits per heavy atom. The molecule has 1 N–H and O–H groups in total. The second-order valence-electron chi connectivity index (χ2n) is 5.32. The molecule has 0 saturated carbocycles. The Kier molecular flexibility index (Phi) is 4.38. The summed E-state index contributed by atoms with van der Waals surface area (Å²) in [7, 11) is 6.31. The highest BCUT2D eigenvalue weighted by Gasteiger charge is 2.04. The van der Waals surface area contributed by atoms with Crippen LogP contribution in [-0.4, -0.2) is 26.9 Å². The second kappa shape index (κ2) is 6.62. The molecule has 24 heavy (non-hydrogen) atoms. The fraction of sp³-hybridized carbons (Fsp3) is 0.111. The van der Waals surface area contributed by atoms with Crippen LogP contribution in [0.25, 0.3) is 21.5 Å². The number of fused-ring (bicyclic) bond motifs is 2. The van der Waals surface area contributed by atoms with Crippen LogP contribution in [0.15, 0.2) is 48.5 Å². The maximum absolute atomic E-state index is 11.3. The predicted molar refractivity (Wildman–Crippen MR) is 93.4 cm³/mol. The number of carbonyl (C=O) groups is 2. The lowest BCUT2D eigenvalue weighted by Crippen LogP contribution is -2.10. The first-order valence-corrected chi connectivity index (χ1v) is 7.29. The molecule has 0 bridgehead atoms. The van der Waals surface area contributed by atoms with Crippen LogP contribution in [0.1, 0.15) is 5.56 Å². The number of amides is 1. The van der Waals surface area contributed by atoms with Gasteiger partial charge in [0.15, 0.2) is 0 Å². The Labute approximate surface area is 140 Å². The summed E-state index contributed by atoms with van der Waals surface area (Å²) in [4.78, 5) is 22.0. The van der Waals surface area contributed by atoms with Crippen LogP contribution in [0.5, 0.6) is 0 Å². The van der Waals surface area contributed by atoms with Crippen LogP contribution >= 0.6 is 0 Å². The highest BCUT2D eigenvalue weighted by molar-refractivity contribution is 6.55. The topological polar surface area (TPSA) is 64.6 Å². The highest BCUT2D eigenvalue weighted by Crippen LogP contribution is 2.26. The average Bonchev–Trinajstić information content (AvgIpc) is 2.57. The molecule has 3 aromatic rings. The molecule has 5 nitrogen and oxygen atoms in total. The summed E-state index contributed by atoms with van der Waals surface area (Å²) >= 11 is 0. The van der Waals surface area contributed by atoms with E-state index in [1.807, 2.05) is 48.5 Å². The van der Waals surface area contributed by atoms with Crippen molar-refractivity contribution >= 4 is 47.0 Å². The standard InChI is InChI=1S/C18H14BNO4/c1-23-18(22)20-16-5-4-13-7-14-6-11(10-24-17(19)21)2-3-12(14)8-15(13)9-16/h2-9H,10H2,1H3,(H,20,22). The van der Waals surface area contributed by atoms with Gasteiger partial charge in [0.25, 0.3) is 0 Å². The summed E-state index contributed by atoms with van der Waals surface area (Å²) in [5.74, 6) is -0.792. The van der Waals surface area contributed by atoms with Gasteiger partial charge in [-0.15, -0.1) is 0 Å². The lowest BCUT2D eigenvalue weighted by Gasteiger charge is -2.08. The zero-order chi connectivity index (χ0) is 17.1. The zero-order valence-corrected chi connectivity index (χ0v) is 13.0. The first-order chi connectivity index (χ1) is 11.5. The first-order valence-electron chi connectivity index (χ1n) is 7.29. The summed E-state index contributed by atoms with van der Waals surface area (Å²) in [6, 6.07) is 15.5. The zero-order valence-electron chi connectivity index (χ0n) is 13.0. The third-order valence-corrected chi connectivity index (χ3v) is 3.67. The number of anilines is 1. The molecule has 0 aliphatic heterocycles. The van der Waals surface area contributed by atoms with E-state index in [1.165, 1.54) is 7.11 Å². The minimum Gasteiger partial charge on any atom is -0.470 e. The molecule has 0 unspecified atom stereocenters. The lowest BCUT2D eigenvalue weighted by atomic mass is 10.0. The molecule has 6 heteroatoms. The van der Waals surface area contributed by atoms with Gasteiger partial charge in [-0.1, -0.05) is 18.2 Å². The summed E-state index contributed by atoms with van der Waals surface area (Å²) in [5.41, 5.74) is 1.53. The van der Waals surface area contributed by atoms with E-state index in [1.54, 1.807) is 0 Å². The molecule has 2 radical (unpaired) electrons. The van der Waals surface area contributed by atoms with Gasteiger partial charge in [0.1, 0.15) is 6.61 Å². The Morgan fingerprint density at radius 1 is 0.958 bits per heavy atom. The van der Waals surface area contributed by atoms with Crippen molar-refractivity contribution in [2.45, 2.75) is 6.61 Å². The molecule has 3 rings (SSSR count). The van der Waals surface area contributed by atoms with Crippen molar-refractivity contribution < 1.29 is 19.1 Å². The maximum Gasteiger partial charge on any atom is 0.411 e. The van der Waals surface area contributed by atoms with E-state index < -0.39 is 12.0 Å². The molecule has 0 atom stereocenters. The van der Waals surface area contributed by atoms with Crippen LogP contribution in [0, 0.1) is 0 Å². The Hall–Kier alpha value is -3.02. The van der Waals surface area contributed by atoms with Gasteiger partial charge in [-0.2, -0.15) is 0 Å². The number of methoxy groups -OCH3 is 1. The van der Waals surface area contributed by atoms with Gasteiger partial charge in [-0.25, -0.2) is 4.79 Å². The predicted octanol–water partition coefficient (Wildman–Crippen LogP) is 3.98. The summed E-state index contributed by atoms with van der Waals surface area (Å²) < 4.78 is 9.41. The molecule has 0 spiro atoms. The summed E-state index contributed by atoms with van der Waals surface area (Å²) in [6.45, 7) is 0.144. The Bertz CT molecular complexity index is 939. The fourth-order valence-corrected chi connectivity index (χ4v) is 2.54. The molecular weight excluding hydrogens is 305 g/mol. The van der Waals surface area contributed by atoms with Crippen LogP contribution < -0.4 is 5.32 Å². The largest absolute Gasteiger partial charge is 0.470 e. The van der Waals surface area contributed by atoms with Crippen molar-refractivity contribution in [1.82, 2.24) is 0 Å². The number of rotatable bonds is 3. The van der Waals surface area contributed by atoms with Crippen LogP contribution in [0.2, 0.25) is 0 Å². The van der Waals surface area contributed by atoms with E-state index in [-0.39, 0.29) is 6.61 Å². The molecule has 0 aromatic heterocycles. The van der Waals surface area contributed by atoms with E-state index in [0.717, 1.165) is 27.1 Å². The van der Waals surface area contributed by atoms with E-state index in [0.29, 0.717) is 5.69 Å². The second-order valence-corrected chi connectivity index (χ2v) is 5.32.